The van der Waals surface area contributed by atoms with E-state index in [-0.39, 0.29) is 0 Å². The minimum absolute atomic E-state index is 0.732. The molecular weight excluding hydrogens is 268 g/mol. The van der Waals surface area contributed by atoms with E-state index >= 15 is 0 Å². The van der Waals surface area contributed by atoms with Gasteiger partial charge in [-0.3, -0.25) is 0 Å². The van der Waals surface area contributed by atoms with Gasteiger partial charge in [0, 0.05) is 23.2 Å². The first-order chi connectivity index (χ1) is 9.76. The lowest BCUT2D eigenvalue weighted by molar-refractivity contribution is 0.656. The van der Waals surface area contributed by atoms with E-state index in [4.69, 9.17) is 9.97 Å². The standard InChI is InChI=1S/C15H20N4S/c1-3-16-15-12-6-4-5-7-13(12)18-14(19-15)8-11-9-20-10(2)17-11/h9H,3-8H2,1-2H3,(H,16,18,19). The van der Waals surface area contributed by atoms with Crippen molar-refractivity contribution < 1.29 is 0 Å². The lowest BCUT2D eigenvalue weighted by atomic mass is 9.96. The minimum Gasteiger partial charge on any atom is -0.370 e. The van der Waals surface area contributed by atoms with Crippen molar-refractivity contribution in [2.75, 3.05) is 11.9 Å². The molecule has 2 heterocycles. The van der Waals surface area contributed by atoms with Crippen molar-refractivity contribution >= 4 is 17.2 Å². The maximum Gasteiger partial charge on any atom is 0.137 e. The van der Waals surface area contributed by atoms with Gasteiger partial charge in [-0.1, -0.05) is 0 Å². The fourth-order valence-electron chi connectivity index (χ4n) is 2.69. The molecule has 0 bridgehead atoms. The number of nitrogens with one attached hydrogen (secondary N) is 1. The molecule has 0 saturated carbocycles. The molecule has 0 saturated heterocycles. The molecule has 1 N–H and O–H groups in total. The number of aromatic nitrogens is 3. The summed E-state index contributed by atoms with van der Waals surface area (Å²) in [6.07, 6.45) is 5.41. The van der Waals surface area contributed by atoms with Crippen LogP contribution in [0.1, 0.15) is 47.5 Å². The first-order valence-corrected chi connectivity index (χ1v) is 8.17. The van der Waals surface area contributed by atoms with Gasteiger partial charge >= 0.3 is 0 Å². The van der Waals surface area contributed by atoms with Crippen LogP contribution >= 0.6 is 11.3 Å². The van der Waals surface area contributed by atoms with Crippen LogP contribution in [0.15, 0.2) is 5.38 Å². The van der Waals surface area contributed by atoms with Gasteiger partial charge in [0.2, 0.25) is 0 Å². The van der Waals surface area contributed by atoms with E-state index in [2.05, 4.69) is 22.6 Å². The van der Waals surface area contributed by atoms with Crippen LogP contribution in [0.5, 0.6) is 0 Å². The smallest absolute Gasteiger partial charge is 0.137 e. The van der Waals surface area contributed by atoms with Gasteiger partial charge in [0.25, 0.3) is 0 Å². The molecule has 2 aromatic heterocycles. The Morgan fingerprint density at radius 1 is 1.20 bits per heavy atom. The molecule has 0 fully saturated rings. The number of hydrogen-bond acceptors (Lipinski definition) is 5. The van der Waals surface area contributed by atoms with Crippen molar-refractivity contribution in [2.24, 2.45) is 0 Å². The van der Waals surface area contributed by atoms with E-state index in [1.54, 1.807) is 11.3 Å². The average Bonchev–Trinajstić information content (AvgIpc) is 2.84. The van der Waals surface area contributed by atoms with Crippen molar-refractivity contribution in [2.45, 2.75) is 46.0 Å². The highest BCUT2D eigenvalue weighted by molar-refractivity contribution is 7.09. The number of nitrogens with zero attached hydrogens (tertiary/aromatic N) is 3. The second-order valence-electron chi connectivity index (χ2n) is 5.19. The molecule has 106 valence electrons. The molecule has 0 amide bonds. The summed E-state index contributed by atoms with van der Waals surface area (Å²) in [7, 11) is 0. The first kappa shape index (κ1) is 13.5. The van der Waals surface area contributed by atoms with Crippen molar-refractivity contribution in [3.63, 3.8) is 0 Å². The number of aryl methyl sites for hydroxylation is 2. The SMILES string of the molecule is CCNc1nc(Cc2csc(C)n2)nc2c1CCCC2. The van der Waals surface area contributed by atoms with Gasteiger partial charge in [0.15, 0.2) is 0 Å². The van der Waals surface area contributed by atoms with Crippen LogP contribution in [0.25, 0.3) is 0 Å². The third-order valence-electron chi connectivity index (χ3n) is 3.58. The van der Waals surface area contributed by atoms with E-state index in [1.165, 1.54) is 24.1 Å². The monoisotopic (exact) mass is 288 g/mol. The van der Waals surface area contributed by atoms with Crippen LogP contribution in [0, 0.1) is 6.92 Å². The number of fused-ring (bicyclic) bond motifs is 1. The lowest BCUT2D eigenvalue weighted by Gasteiger charge is -2.19. The van der Waals surface area contributed by atoms with E-state index < -0.39 is 0 Å². The zero-order valence-corrected chi connectivity index (χ0v) is 12.9. The summed E-state index contributed by atoms with van der Waals surface area (Å²) in [5.41, 5.74) is 3.64. The molecular formula is C15H20N4S. The van der Waals surface area contributed by atoms with Crippen molar-refractivity contribution in [1.82, 2.24) is 15.0 Å². The first-order valence-electron chi connectivity index (χ1n) is 7.30. The third kappa shape index (κ3) is 2.82. The Hall–Kier alpha value is -1.49. The van der Waals surface area contributed by atoms with E-state index in [1.807, 2.05) is 6.92 Å². The number of rotatable bonds is 4. The summed E-state index contributed by atoms with van der Waals surface area (Å²) < 4.78 is 0. The highest BCUT2D eigenvalue weighted by Crippen LogP contribution is 2.26. The minimum atomic E-state index is 0.732. The summed E-state index contributed by atoms with van der Waals surface area (Å²) in [5.74, 6) is 1.94. The Bertz CT molecular complexity index is 606. The number of thiazole rings is 1. The van der Waals surface area contributed by atoms with Crippen molar-refractivity contribution in [3.8, 4) is 0 Å². The van der Waals surface area contributed by atoms with Crippen LogP contribution < -0.4 is 5.32 Å². The van der Waals surface area contributed by atoms with Gasteiger partial charge < -0.3 is 5.32 Å². The largest absolute Gasteiger partial charge is 0.370 e. The van der Waals surface area contributed by atoms with E-state index in [9.17, 15) is 0 Å². The Morgan fingerprint density at radius 3 is 2.80 bits per heavy atom. The second-order valence-corrected chi connectivity index (χ2v) is 6.25. The van der Waals surface area contributed by atoms with Crippen LogP contribution in [0.3, 0.4) is 0 Å². The molecule has 3 rings (SSSR count). The van der Waals surface area contributed by atoms with Crippen LogP contribution in [0.4, 0.5) is 5.82 Å². The number of hydrogen-bond donors (Lipinski definition) is 1. The molecule has 4 nitrogen and oxygen atoms in total. The van der Waals surface area contributed by atoms with Gasteiger partial charge in [-0.15, -0.1) is 11.3 Å². The quantitative estimate of drug-likeness (QED) is 0.939. The van der Waals surface area contributed by atoms with Crippen molar-refractivity contribution in [1.29, 1.82) is 0 Å². The van der Waals surface area contributed by atoms with E-state index in [0.717, 1.165) is 48.2 Å². The van der Waals surface area contributed by atoms with Crippen LogP contribution in [-0.2, 0) is 19.3 Å². The van der Waals surface area contributed by atoms with E-state index in [0.29, 0.717) is 0 Å². The normalized spacial score (nSPS) is 14.1. The molecule has 0 unspecified atom stereocenters. The Kier molecular flexibility index (Phi) is 3.96. The zero-order chi connectivity index (χ0) is 13.9. The molecule has 1 aliphatic rings. The van der Waals surface area contributed by atoms with Gasteiger partial charge in [0.05, 0.1) is 17.1 Å². The van der Waals surface area contributed by atoms with Crippen molar-refractivity contribution in [3.05, 3.63) is 33.2 Å². The summed E-state index contributed by atoms with van der Waals surface area (Å²) in [4.78, 5) is 14.0. The second kappa shape index (κ2) is 5.87. The fourth-order valence-corrected chi connectivity index (χ4v) is 3.30. The number of anilines is 1. The molecule has 5 heteroatoms. The summed E-state index contributed by atoms with van der Waals surface area (Å²) >= 11 is 1.68. The Morgan fingerprint density at radius 2 is 2.05 bits per heavy atom. The maximum absolute atomic E-state index is 4.77. The molecule has 0 atom stereocenters. The molecule has 20 heavy (non-hydrogen) atoms. The highest BCUT2D eigenvalue weighted by atomic mass is 32.1. The van der Waals surface area contributed by atoms with Gasteiger partial charge in [-0.2, -0.15) is 0 Å². The average molecular weight is 288 g/mol. The summed E-state index contributed by atoms with van der Waals surface area (Å²) in [5, 5.41) is 6.60. The Balaban J connectivity index is 1.92. The summed E-state index contributed by atoms with van der Waals surface area (Å²) in [6.45, 7) is 5.05. The van der Waals surface area contributed by atoms with Crippen LogP contribution in [-0.4, -0.2) is 21.5 Å². The molecule has 0 aliphatic heterocycles. The van der Waals surface area contributed by atoms with Gasteiger partial charge in [-0.05, 0) is 39.5 Å². The molecule has 2 aromatic rings. The molecule has 1 aliphatic carbocycles. The molecule has 0 aromatic carbocycles. The fraction of sp³-hybridized carbons (Fsp3) is 0.533. The predicted octanol–water partition coefficient (Wildman–Crippen LogP) is 3.14. The third-order valence-corrected chi connectivity index (χ3v) is 4.40. The molecule has 0 radical (unpaired) electrons. The molecule has 0 spiro atoms. The predicted molar refractivity (Wildman–Crippen MR) is 82.5 cm³/mol. The lowest BCUT2D eigenvalue weighted by Crippen LogP contribution is -2.15. The van der Waals surface area contributed by atoms with Gasteiger partial charge in [0.1, 0.15) is 11.6 Å². The highest BCUT2D eigenvalue weighted by Gasteiger charge is 2.17. The topological polar surface area (TPSA) is 50.7 Å². The summed E-state index contributed by atoms with van der Waals surface area (Å²) in [6, 6.07) is 0. The van der Waals surface area contributed by atoms with Crippen LogP contribution in [0.2, 0.25) is 0 Å². The Labute approximate surface area is 123 Å². The van der Waals surface area contributed by atoms with Gasteiger partial charge in [-0.25, -0.2) is 15.0 Å². The zero-order valence-electron chi connectivity index (χ0n) is 12.1. The maximum atomic E-state index is 4.77.